The van der Waals surface area contributed by atoms with E-state index in [0.717, 1.165) is 46.1 Å². The van der Waals surface area contributed by atoms with E-state index in [-0.39, 0.29) is 12.3 Å². The Kier molecular flexibility index (Phi) is 5.86. The molecule has 1 heterocycles. The number of ether oxygens (including phenoxy) is 1. The standard InChI is InChI=1S/C28H28N2O3/c1-19(15-27(31)32)22-10-12-24(13-11-22)33-18-21-9-14-25-26(16-21)30(17-20-7-8-20)29-28(25)23-5-3-2-4-6-23/h2-6,9-14,16,19-20H,7-8,15,17-18H2,1H3,(H,31,32). The number of rotatable bonds is 9. The number of hydrogen-bond donors (Lipinski definition) is 1. The maximum Gasteiger partial charge on any atom is 0.303 e. The minimum Gasteiger partial charge on any atom is -0.489 e. The van der Waals surface area contributed by atoms with Crippen LogP contribution in [0, 0.1) is 5.92 Å². The first-order valence-corrected chi connectivity index (χ1v) is 11.6. The first kappa shape index (κ1) is 21.3. The number of benzene rings is 3. The topological polar surface area (TPSA) is 64.3 Å². The average Bonchev–Trinajstić information content (AvgIpc) is 3.58. The van der Waals surface area contributed by atoms with Gasteiger partial charge < -0.3 is 9.84 Å². The van der Waals surface area contributed by atoms with Gasteiger partial charge >= 0.3 is 5.97 Å². The van der Waals surface area contributed by atoms with Crippen LogP contribution >= 0.6 is 0 Å². The van der Waals surface area contributed by atoms with Crippen molar-refractivity contribution in [3.8, 4) is 17.0 Å². The van der Waals surface area contributed by atoms with Crippen molar-refractivity contribution in [2.75, 3.05) is 0 Å². The van der Waals surface area contributed by atoms with Gasteiger partial charge in [0.15, 0.2) is 0 Å². The predicted molar refractivity (Wildman–Crippen MR) is 129 cm³/mol. The van der Waals surface area contributed by atoms with Crippen molar-refractivity contribution in [2.24, 2.45) is 5.92 Å². The van der Waals surface area contributed by atoms with Crippen molar-refractivity contribution in [3.63, 3.8) is 0 Å². The second kappa shape index (κ2) is 9.10. The van der Waals surface area contributed by atoms with Crippen LogP contribution in [0.25, 0.3) is 22.2 Å². The van der Waals surface area contributed by atoms with E-state index in [1.54, 1.807) is 0 Å². The molecule has 5 rings (SSSR count). The largest absolute Gasteiger partial charge is 0.489 e. The Morgan fingerprint density at radius 3 is 2.55 bits per heavy atom. The second-order valence-electron chi connectivity index (χ2n) is 9.05. The predicted octanol–water partition coefficient (Wildman–Crippen LogP) is 6.27. The van der Waals surface area contributed by atoms with Gasteiger partial charge in [-0.25, -0.2) is 0 Å². The number of carboxylic acid groups (broad SMARTS) is 1. The van der Waals surface area contributed by atoms with Gasteiger partial charge in [0.1, 0.15) is 18.1 Å². The molecule has 0 aliphatic heterocycles. The van der Waals surface area contributed by atoms with Crippen LogP contribution in [0.1, 0.15) is 43.2 Å². The fourth-order valence-corrected chi connectivity index (χ4v) is 4.24. The summed E-state index contributed by atoms with van der Waals surface area (Å²) in [6.45, 7) is 3.35. The Labute approximate surface area is 193 Å². The average molecular weight is 441 g/mol. The van der Waals surface area contributed by atoms with E-state index < -0.39 is 5.97 Å². The highest BCUT2D eigenvalue weighted by Crippen LogP contribution is 2.34. The van der Waals surface area contributed by atoms with E-state index in [1.807, 2.05) is 37.3 Å². The van der Waals surface area contributed by atoms with Gasteiger partial charge in [0, 0.05) is 17.5 Å². The van der Waals surface area contributed by atoms with Crippen LogP contribution in [-0.2, 0) is 17.9 Å². The lowest BCUT2D eigenvalue weighted by Crippen LogP contribution is -2.03. The Balaban J connectivity index is 1.35. The molecule has 1 unspecified atom stereocenters. The molecule has 168 valence electrons. The maximum atomic E-state index is 10.9. The van der Waals surface area contributed by atoms with Crippen LogP contribution in [0.5, 0.6) is 5.75 Å². The summed E-state index contributed by atoms with van der Waals surface area (Å²) in [5, 5.41) is 15.1. The number of hydrogen-bond acceptors (Lipinski definition) is 3. The van der Waals surface area contributed by atoms with Gasteiger partial charge in [0.05, 0.1) is 11.9 Å². The fraction of sp³-hybridized carbons (Fsp3) is 0.286. The Bertz CT molecular complexity index is 1260. The van der Waals surface area contributed by atoms with Crippen molar-refractivity contribution < 1.29 is 14.6 Å². The van der Waals surface area contributed by atoms with E-state index in [9.17, 15) is 4.79 Å². The van der Waals surface area contributed by atoms with Crippen LogP contribution in [0.15, 0.2) is 72.8 Å². The zero-order chi connectivity index (χ0) is 22.8. The molecule has 0 saturated heterocycles. The van der Waals surface area contributed by atoms with E-state index in [0.29, 0.717) is 6.61 Å². The van der Waals surface area contributed by atoms with Crippen molar-refractivity contribution in [1.29, 1.82) is 0 Å². The van der Waals surface area contributed by atoms with E-state index in [2.05, 4.69) is 47.1 Å². The van der Waals surface area contributed by atoms with Gasteiger partial charge in [-0.3, -0.25) is 9.48 Å². The van der Waals surface area contributed by atoms with Gasteiger partial charge in [-0.05, 0) is 54.0 Å². The molecule has 1 atom stereocenters. The molecule has 4 aromatic rings. The lowest BCUT2D eigenvalue weighted by atomic mass is 9.98. The third-order valence-corrected chi connectivity index (χ3v) is 6.33. The third-order valence-electron chi connectivity index (χ3n) is 6.33. The van der Waals surface area contributed by atoms with Crippen molar-refractivity contribution in [1.82, 2.24) is 9.78 Å². The van der Waals surface area contributed by atoms with Crippen molar-refractivity contribution >= 4 is 16.9 Å². The minimum atomic E-state index is -0.783. The maximum absolute atomic E-state index is 10.9. The number of nitrogens with zero attached hydrogens (tertiary/aromatic N) is 2. The van der Waals surface area contributed by atoms with E-state index in [4.69, 9.17) is 14.9 Å². The number of fused-ring (bicyclic) bond motifs is 1. The molecule has 1 N–H and O–H groups in total. The van der Waals surface area contributed by atoms with Gasteiger partial charge in [0.25, 0.3) is 0 Å². The SMILES string of the molecule is CC(CC(=O)O)c1ccc(OCc2ccc3c(-c4ccccc4)nn(CC4CC4)c3c2)cc1. The van der Waals surface area contributed by atoms with Crippen molar-refractivity contribution in [2.45, 2.75) is 45.3 Å². The molecule has 1 aromatic heterocycles. The quantitative estimate of drug-likeness (QED) is 0.333. The van der Waals surface area contributed by atoms with E-state index >= 15 is 0 Å². The summed E-state index contributed by atoms with van der Waals surface area (Å²) in [6.07, 6.45) is 2.69. The van der Waals surface area contributed by atoms with Crippen LogP contribution in [0.2, 0.25) is 0 Å². The fourth-order valence-electron chi connectivity index (χ4n) is 4.24. The number of carbonyl (C=O) groups is 1. The van der Waals surface area contributed by atoms with E-state index in [1.165, 1.54) is 18.2 Å². The Morgan fingerprint density at radius 1 is 1.09 bits per heavy atom. The molecule has 1 aliphatic rings. The van der Waals surface area contributed by atoms with Crippen LogP contribution in [0.3, 0.4) is 0 Å². The summed E-state index contributed by atoms with van der Waals surface area (Å²) in [7, 11) is 0. The molecule has 1 aliphatic carbocycles. The lowest BCUT2D eigenvalue weighted by Gasteiger charge is -2.11. The summed E-state index contributed by atoms with van der Waals surface area (Å²) in [5.74, 6) is 0.704. The molecule has 5 heteroatoms. The zero-order valence-corrected chi connectivity index (χ0v) is 18.8. The van der Waals surface area contributed by atoms with Gasteiger partial charge in [0.2, 0.25) is 0 Å². The normalized spacial score (nSPS) is 14.3. The first-order chi connectivity index (χ1) is 16.1. The number of carboxylic acids is 1. The van der Waals surface area contributed by atoms with Gasteiger partial charge in [-0.1, -0.05) is 61.5 Å². The van der Waals surface area contributed by atoms with Crippen LogP contribution in [-0.4, -0.2) is 20.9 Å². The molecule has 0 bridgehead atoms. The Hall–Kier alpha value is -3.60. The highest BCUT2D eigenvalue weighted by Gasteiger charge is 2.24. The molecule has 0 radical (unpaired) electrons. The summed E-state index contributed by atoms with van der Waals surface area (Å²) >= 11 is 0. The highest BCUT2D eigenvalue weighted by molar-refractivity contribution is 5.93. The smallest absolute Gasteiger partial charge is 0.303 e. The highest BCUT2D eigenvalue weighted by atomic mass is 16.5. The summed E-state index contributed by atoms with van der Waals surface area (Å²) in [4.78, 5) is 10.9. The Morgan fingerprint density at radius 2 is 1.85 bits per heavy atom. The molecule has 0 amide bonds. The molecule has 0 spiro atoms. The van der Waals surface area contributed by atoms with Crippen LogP contribution in [0.4, 0.5) is 0 Å². The van der Waals surface area contributed by atoms with Crippen molar-refractivity contribution in [3.05, 3.63) is 83.9 Å². The second-order valence-corrected chi connectivity index (χ2v) is 9.05. The monoisotopic (exact) mass is 440 g/mol. The first-order valence-electron chi connectivity index (χ1n) is 11.6. The summed E-state index contributed by atoms with van der Waals surface area (Å²) in [5.41, 5.74) is 5.42. The summed E-state index contributed by atoms with van der Waals surface area (Å²) in [6, 6.07) is 24.5. The van der Waals surface area contributed by atoms with Gasteiger partial charge in [-0.2, -0.15) is 5.10 Å². The molecule has 5 nitrogen and oxygen atoms in total. The molecular weight excluding hydrogens is 412 g/mol. The zero-order valence-electron chi connectivity index (χ0n) is 18.8. The molecular formula is C28H28N2O3. The number of aliphatic carboxylic acids is 1. The minimum absolute atomic E-state index is 0.0236. The third kappa shape index (κ3) is 4.92. The molecule has 33 heavy (non-hydrogen) atoms. The van der Waals surface area contributed by atoms with Crippen LogP contribution < -0.4 is 4.74 Å². The van der Waals surface area contributed by atoms with Gasteiger partial charge in [-0.15, -0.1) is 0 Å². The number of aromatic nitrogens is 2. The molecule has 1 saturated carbocycles. The molecule has 3 aromatic carbocycles. The molecule has 1 fully saturated rings. The summed E-state index contributed by atoms with van der Waals surface area (Å²) < 4.78 is 8.20. The lowest BCUT2D eigenvalue weighted by molar-refractivity contribution is -0.137.